The van der Waals surface area contributed by atoms with Gasteiger partial charge in [-0.05, 0) is 32.4 Å². The van der Waals surface area contributed by atoms with Crippen molar-refractivity contribution in [2.24, 2.45) is 0 Å². The normalized spacial score (nSPS) is 19.7. The largest absolute Gasteiger partial charge is 0.344 e. The Bertz CT molecular complexity index is 513. The van der Waals surface area contributed by atoms with Gasteiger partial charge in [0.15, 0.2) is 0 Å². The summed E-state index contributed by atoms with van der Waals surface area (Å²) in [4.78, 5) is 9.00. The van der Waals surface area contributed by atoms with Crippen molar-refractivity contribution in [1.82, 2.24) is 25.8 Å². The van der Waals surface area contributed by atoms with Crippen molar-refractivity contribution in [2.75, 3.05) is 6.54 Å². The summed E-state index contributed by atoms with van der Waals surface area (Å²) in [6.45, 7) is 3.15. The Balaban J connectivity index is 0.00000120. The molecule has 0 radical (unpaired) electrons. The molecular weight excluding hydrogens is 226 g/mol. The van der Waals surface area contributed by atoms with Gasteiger partial charge in [0, 0.05) is 30.6 Å². The SMILES string of the molecule is Cc1ccn2cc(C[C@@H]3CCCCN3)nc2n1.N. The van der Waals surface area contributed by atoms with E-state index in [4.69, 9.17) is 0 Å². The predicted octanol–water partition coefficient (Wildman–Crippen LogP) is 1.88. The van der Waals surface area contributed by atoms with Gasteiger partial charge in [0.2, 0.25) is 5.78 Å². The summed E-state index contributed by atoms with van der Waals surface area (Å²) in [6.07, 6.45) is 9.05. The number of nitrogens with zero attached hydrogens (tertiary/aromatic N) is 3. The molecule has 18 heavy (non-hydrogen) atoms. The Morgan fingerprint density at radius 2 is 2.28 bits per heavy atom. The predicted molar refractivity (Wildman–Crippen MR) is 72.1 cm³/mol. The second kappa shape index (κ2) is 5.46. The van der Waals surface area contributed by atoms with Crippen molar-refractivity contribution in [1.29, 1.82) is 0 Å². The zero-order chi connectivity index (χ0) is 11.7. The van der Waals surface area contributed by atoms with Gasteiger partial charge in [0.1, 0.15) is 0 Å². The molecule has 5 nitrogen and oxygen atoms in total. The number of nitrogens with one attached hydrogen (secondary N) is 1. The molecule has 2 aromatic heterocycles. The highest BCUT2D eigenvalue weighted by Gasteiger charge is 2.14. The number of hydrogen-bond acceptors (Lipinski definition) is 4. The van der Waals surface area contributed by atoms with Crippen LogP contribution in [0.1, 0.15) is 30.7 Å². The van der Waals surface area contributed by atoms with Crippen LogP contribution in [0.3, 0.4) is 0 Å². The van der Waals surface area contributed by atoms with E-state index in [9.17, 15) is 0 Å². The summed E-state index contributed by atoms with van der Waals surface area (Å²) < 4.78 is 2.01. The van der Waals surface area contributed by atoms with Gasteiger partial charge in [-0.3, -0.25) is 4.40 Å². The first-order valence-corrected chi connectivity index (χ1v) is 6.36. The van der Waals surface area contributed by atoms with Crippen LogP contribution in [0.2, 0.25) is 0 Å². The molecule has 1 saturated heterocycles. The number of piperidine rings is 1. The first-order chi connectivity index (χ1) is 8.31. The van der Waals surface area contributed by atoms with E-state index in [0.717, 1.165) is 30.1 Å². The standard InChI is InChI=1S/C13H18N4.H3N/c1-10-5-7-17-9-12(16-13(17)15-10)8-11-4-2-3-6-14-11;/h5,7,9,11,14H,2-4,6,8H2,1H3;1H3/t11-;/m0./s1. The Morgan fingerprint density at radius 3 is 3.06 bits per heavy atom. The Hall–Kier alpha value is -1.46. The van der Waals surface area contributed by atoms with E-state index in [1.54, 1.807) is 0 Å². The molecule has 1 aliphatic rings. The maximum atomic E-state index is 4.58. The lowest BCUT2D eigenvalue weighted by atomic mass is 10.0. The van der Waals surface area contributed by atoms with E-state index in [1.165, 1.54) is 19.3 Å². The smallest absolute Gasteiger partial charge is 0.234 e. The second-order valence-corrected chi connectivity index (χ2v) is 4.86. The molecule has 2 aromatic rings. The number of aryl methyl sites for hydroxylation is 1. The maximum Gasteiger partial charge on any atom is 0.234 e. The lowest BCUT2D eigenvalue weighted by molar-refractivity contribution is 0.397. The van der Waals surface area contributed by atoms with Crippen LogP contribution in [0, 0.1) is 6.92 Å². The minimum atomic E-state index is 0. The van der Waals surface area contributed by atoms with Crippen LogP contribution in [-0.2, 0) is 6.42 Å². The van der Waals surface area contributed by atoms with Crippen LogP contribution in [0.4, 0.5) is 0 Å². The molecule has 0 spiro atoms. The number of rotatable bonds is 2. The molecule has 3 rings (SSSR count). The number of hydrogen-bond donors (Lipinski definition) is 2. The lowest BCUT2D eigenvalue weighted by Crippen LogP contribution is -2.35. The molecule has 0 aliphatic carbocycles. The summed E-state index contributed by atoms with van der Waals surface area (Å²) in [6, 6.07) is 2.60. The van der Waals surface area contributed by atoms with E-state index < -0.39 is 0 Å². The van der Waals surface area contributed by atoms with Crippen molar-refractivity contribution >= 4 is 5.78 Å². The topological polar surface area (TPSA) is 77.2 Å². The highest BCUT2D eigenvalue weighted by Crippen LogP contribution is 2.12. The molecule has 0 unspecified atom stereocenters. The van der Waals surface area contributed by atoms with Gasteiger partial charge in [0.05, 0.1) is 5.69 Å². The van der Waals surface area contributed by atoms with E-state index >= 15 is 0 Å². The van der Waals surface area contributed by atoms with Crippen LogP contribution in [0.25, 0.3) is 5.78 Å². The van der Waals surface area contributed by atoms with Crippen LogP contribution in [0.5, 0.6) is 0 Å². The number of fused-ring (bicyclic) bond motifs is 1. The summed E-state index contributed by atoms with van der Waals surface area (Å²) in [5.41, 5.74) is 2.16. The van der Waals surface area contributed by atoms with Gasteiger partial charge in [-0.15, -0.1) is 0 Å². The fourth-order valence-electron chi connectivity index (χ4n) is 2.46. The van der Waals surface area contributed by atoms with E-state index in [0.29, 0.717) is 6.04 Å². The van der Waals surface area contributed by atoms with Gasteiger partial charge in [0.25, 0.3) is 0 Å². The summed E-state index contributed by atoms with van der Waals surface area (Å²) in [5.74, 6) is 0.816. The van der Waals surface area contributed by atoms with Crippen LogP contribution in [0.15, 0.2) is 18.5 Å². The van der Waals surface area contributed by atoms with Crippen molar-refractivity contribution in [3.8, 4) is 0 Å². The van der Waals surface area contributed by atoms with Crippen LogP contribution < -0.4 is 11.5 Å². The van der Waals surface area contributed by atoms with Gasteiger partial charge in [-0.2, -0.15) is 0 Å². The average molecular weight is 247 g/mol. The second-order valence-electron chi connectivity index (χ2n) is 4.86. The Labute approximate surface area is 107 Å². The Morgan fingerprint density at radius 1 is 1.39 bits per heavy atom. The lowest BCUT2D eigenvalue weighted by Gasteiger charge is -2.22. The molecule has 1 fully saturated rings. The quantitative estimate of drug-likeness (QED) is 0.849. The molecule has 1 aliphatic heterocycles. The van der Waals surface area contributed by atoms with Crippen molar-refractivity contribution < 1.29 is 0 Å². The molecule has 1 atom stereocenters. The summed E-state index contributed by atoms with van der Waals surface area (Å²) in [5, 5.41) is 3.55. The van der Waals surface area contributed by atoms with Gasteiger partial charge < -0.3 is 11.5 Å². The molecule has 98 valence electrons. The van der Waals surface area contributed by atoms with E-state index in [-0.39, 0.29) is 6.15 Å². The maximum absolute atomic E-state index is 4.58. The minimum Gasteiger partial charge on any atom is -0.344 e. The number of aromatic nitrogens is 3. The molecule has 0 bridgehead atoms. The zero-order valence-electron chi connectivity index (χ0n) is 10.9. The van der Waals surface area contributed by atoms with Crippen molar-refractivity contribution in [2.45, 2.75) is 38.6 Å². The van der Waals surface area contributed by atoms with E-state index in [2.05, 4.69) is 21.5 Å². The molecule has 5 heteroatoms. The van der Waals surface area contributed by atoms with Crippen LogP contribution in [-0.4, -0.2) is 27.0 Å². The highest BCUT2D eigenvalue weighted by molar-refractivity contribution is 5.31. The molecule has 0 amide bonds. The molecule has 4 N–H and O–H groups in total. The van der Waals surface area contributed by atoms with E-state index in [1.807, 2.05) is 23.6 Å². The van der Waals surface area contributed by atoms with Gasteiger partial charge in [-0.1, -0.05) is 6.42 Å². The zero-order valence-corrected chi connectivity index (χ0v) is 10.9. The van der Waals surface area contributed by atoms with Gasteiger partial charge in [-0.25, -0.2) is 9.97 Å². The minimum absolute atomic E-state index is 0. The third kappa shape index (κ3) is 2.68. The van der Waals surface area contributed by atoms with Crippen molar-refractivity contribution in [3.05, 3.63) is 29.8 Å². The molecule has 0 aromatic carbocycles. The third-order valence-electron chi connectivity index (χ3n) is 3.38. The first-order valence-electron chi connectivity index (χ1n) is 6.36. The molecule has 3 heterocycles. The fourth-order valence-corrected chi connectivity index (χ4v) is 2.46. The van der Waals surface area contributed by atoms with Crippen LogP contribution >= 0.6 is 0 Å². The molecular formula is C13H21N5. The Kier molecular flexibility index (Phi) is 3.93. The molecule has 0 saturated carbocycles. The summed E-state index contributed by atoms with van der Waals surface area (Å²) in [7, 11) is 0. The first kappa shape index (κ1) is 13.0. The van der Waals surface area contributed by atoms with Crippen molar-refractivity contribution in [3.63, 3.8) is 0 Å². The van der Waals surface area contributed by atoms with Gasteiger partial charge >= 0.3 is 0 Å². The summed E-state index contributed by atoms with van der Waals surface area (Å²) >= 11 is 0. The monoisotopic (exact) mass is 247 g/mol. The third-order valence-corrected chi connectivity index (χ3v) is 3.38. The highest BCUT2D eigenvalue weighted by atomic mass is 15.1. The fraction of sp³-hybridized carbons (Fsp3) is 0.538. The number of imidazole rings is 1. The average Bonchev–Trinajstić information content (AvgIpc) is 2.71.